The molecule has 0 aliphatic heterocycles. The fraction of sp³-hybridized carbons (Fsp3) is 0.250. The van der Waals surface area contributed by atoms with Crippen LogP contribution in [-0.4, -0.2) is 24.7 Å². The van der Waals surface area contributed by atoms with Gasteiger partial charge in [-0.05, 0) is 48.4 Å². The highest BCUT2D eigenvalue weighted by atomic mass is 16.5. The molecule has 0 saturated heterocycles. The van der Waals surface area contributed by atoms with Crippen LogP contribution < -0.4 is 20.7 Å². The molecule has 3 aromatic rings. The Kier molecular flexibility index (Phi) is 5.14. The first-order chi connectivity index (χ1) is 12.6. The fourth-order valence-electron chi connectivity index (χ4n) is 3.21. The molecule has 1 amide bonds. The third-order valence-corrected chi connectivity index (χ3v) is 4.66. The molecule has 0 unspecified atom stereocenters. The maximum atomic E-state index is 11.9. The van der Waals surface area contributed by atoms with Gasteiger partial charge in [0.05, 0.1) is 20.6 Å². The van der Waals surface area contributed by atoms with Gasteiger partial charge < -0.3 is 14.0 Å². The smallest absolute Gasteiger partial charge is 0.238 e. The molecular weight excluding hydrogens is 330 g/mol. The molecule has 6 nitrogen and oxygen atoms in total. The van der Waals surface area contributed by atoms with Crippen LogP contribution in [0.3, 0.4) is 0 Å². The zero-order valence-electron chi connectivity index (χ0n) is 15.2. The second-order valence-corrected chi connectivity index (χ2v) is 6.13. The topological polar surface area (TPSA) is 78.5 Å². The quantitative estimate of drug-likeness (QED) is 0.406. The van der Waals surface area contributed by atoms with Crippen LogP contribution in [-0.2, 0) is 17.8 Å². The van der Waals surface area contributed by atoms with Crippen LogP contribution in [0.1, 0.15) is 16.8 Å². The normalized spacial score (nSPS) is 10.8. The van der Waals surface area contributed by atoms with Crippen LogP contribution in [0.15, 0.2) is 42.5 Å². The Balaban J connectivity index is 2.08. The number of amides is 1. The molecule has 3 rings (SSSR count). The standard InChI is InChI=1S/C20H23N3O3/c1-13-17(11-20(24)22-21)18-10-16(26-3)8-9-19(18)23(13)12-14-4-6-15(25-2)7-5-14/h4-10H,11-12,21H2,1-3H3,(H,22,24). The largest absolute Gasteiger partial charge is 0.497 e. The molecule has 0 saturated carbocycles. The number of methoxy groups -OCH3 is 2. The SMILES string of the molecule is COc1ccc(Cn2c(C)c(CC(=O)NN)c3cc(OC)ccc32)cc1. The van der Waals surface area contributed by atoms with Crippen LogP contribution in [0.5, 0.6) is 11.5 Å². The Hall–Kier alpha value is -2.99. The van der Waals surface area contributed by atoms with Gasteiger partial charge in [-0.15, -0.1) is 0 Å². The number of hydrazine groups is 1. The van der Waals surface area contributed by atoms with E-state index in [4.69, 9.17) is 15.3 Å². The number of carbonyl (C=O) groups excluding carboxylic acids is 1. The predicted molar refractivity (Wildman–Crippen MR) is 101 cm³/mol. The molecule has 6 heteroatoms. The molecule has 0 fully saturated rings. The highest BCUT2D eigenvalue weighted by Gasteiger charge is 2.17. The first-order valence-corrected chi connectivity index (χ1v) is 8.35. The van der Waals surface area contributed by atoms with E-state index in [-0.39, 0.29) is 12.3 Å². The third-order valence-electron chi connectivity index (χ3n) is 4.66. The van der Waals surface area contributed by atoms with Gasteiger partial charge in [0.1, 0.15) is 11.5 Å². The van der Waals surface area contributed by atoms with Gasteiger partial charge in [-0.3, -0.25) is 10.2 Å². The minimum Gasteiger partial charge on any atom is -0.497 e. The molecule has 0 aliphatic carbocycles. The van der Waals surface area contributed by atoms with Crippen LogP contribution >= 0.6 is 0 Å². The van der Waals surface area contributed by atoms with E-state index in [0.717, 1.165) is 39.2 Å². The van der Waals surface area contributed by atoms with Gasteiger partial charge in [0.2, 0.25) is 5.91 Å². The molecule has 0 aliphatic rings. The van der Waals surface area contributed by atoms with Crippen LogP contribution in [0.25, 0.3) is 10.9 Å². The van der Waals surface area contributed by atoms with Crippen molar-refractivity contribution in [3.8, 4) is 11.5 Å². The second kappa shape index (κ2) is 7.49. The number of nitrogens with two attached hydrogens (primary N) is 1. The zero-order chi connectivity index (χ0) is 18.7. The molecule has 1 heterocycles. The predicted octanol–water partition coefficient (Wildman–Crippen LogP) is 2.55. The maximum absolute atomic E-state index is 11.9. The van der Waals surface area contributed by atoms with Crippen LogP contribution in [0, 0.1) is 6.92 Å². The van der Waals surface area contributed by atoms with Crippen molar-refractivity contribution in [2.24, 2.45) is 5.84 Å². The number of aromatic nitrogens is 1. The lowest BCUT2D eigenvalue weighted by Crippen LogP contribution is -2.31. The number of nitrogens with zero attached hydrogens (tertiary/aromatic N) is 1. The maximum Gasteiger partial charge on any atom is 0.238 e. The number of carbonyl (C=O) groups is 1. The molecule has 0 bridgehead atoms. The molecular formula is C20H23N3O3. The summed E-state index contributed by atoms with van der Waals surface area (Å²) in [5.41, 5.74) is 6.41. The van der Waals surface area contributed by atoms with Gasteiger partial charge in [0.25, 0.3) is 0 Å². The Bertz CT molecular complexity index is 930. The summed E-state index contributed by atoms with van der Waals surface area (Å²) in [4.78, 5) is 11.9. The van der Waals surface area contributed by atoms with E-state index in [1.807, 2.05) is 49.4 Å². The minimum absolute atomic E-state index is 0.223. The average molecular weight is 353 g/mol. The molecule has 0 radical (unpaired) electrons. The van der Waals surface area contributed by atoms with Gasteiger partial charge >= 0.3 is 0 Å². The highest BCUT2D eigenvalue weighted by Crippen LogP contribution is 2.30. The summed E-state index contributed by atoms with van der Waals surface area (Å²) in [5.74, 6) is 6.65. The molecule has 0 atom stereocenters. The summed E-state index contributed by atoms with van der Waals surface area (Å²) in [6.07, 6.45) is 0.224. The number of benzene rings is 2. The summed E-state index contributed by atoms with van der Waals surface area (Å²) in [6.45, 7) is 2.72. The average Bonchev–Trinajstić information content (AvgIpc) is 2.93. The van der Waals surface area contributed by atoms with E-state index < -0.39 is 0 Å². The third kappa shape index (κ3) is 3.36. The Morgan fingerprint density at radius 3 is 2.35 bits per heavy atom. The molecule has 2 aromatic carbocycles. The zero-order valence-corrected chi connectivity index (χ0v) is 15.2. The monoisotopic (exact) mass is 353 g/mol. The van der Waals surface area contributed by atoms with Crippen molar-refractivity contribution in [1.29, 1.82) is 0 Å². The Morgan fingerprint density at radius 2 is 1.73 bits per heavy atom. The van der Waals surface area contributed by atoms with E-state index in [2.05, 4.69) is 9.99 Å². The molecule has 0 spiro atoms. The van der Waals surface area contributed by atoms with Crippen LogP contribution in [0.2, 0.25) is 0 Å². The number of nitrogens with one attached hydrogen (secondary N) is 1. The van der Waals surface area contributed by atoms with Crippen LogP contribution in [0.4, 0.5) is 0 Å². The van der Waals surface area contributed by atoms with Gasteiger partial charge in [-0.2, -0.15) is 0 Å². The van der Waals surface area contributed by atoms with Gasteiger partial charge in [-0.1, -0.05) is 12.1 Å². The van der Waals surface area contributed by atoms with Crippen molar-refractivity contribution in [1.82, 2.24) is 9.99 Å². The van der Waals surface area contributed by atoms with Crippen molar-refractivity contribution in [2.75, 3.05) is 14.2 Å². The number of hydrogen-bond donors (Lipinski definition) is 2. The highest BCUT2D eigenvalue weighted by molar-refractivity contribution is 5.91. The first kappa shape index (κ1) is 17.8. The lowest BCUT2D eigenvalue weighted by Gasteiger charge is -2.10. The van der Waals surface area contributed by atoms with E-state index in [0.29, 0.717) is 6.54 Å². The van der Waals surface area contributed by atoms with E-state index >= 15 is 0 Å². The lowest BCUT2D eigenvalue weighted by molar-refractivity contribution is -0.120. The van der Waals surface area contributed by atoms with Gasteiger partial charge in [0.15, 0.2) is 0 Å². The first-order valence-electron chi connectivity index (χ1n) is 8.35. The molecule has 136 valence electrons. The lowest BCUT2D eigenvalue weighted by atomic mass is 10.1. The van der Waals surface area contributed by atoms with Crippen molar-refractivity contribution in [2.45, 2.75) is 19.9 Å². The Morgan fingerprint density at radius 1 is 1.08 bits per heavy atom. The van der Waals surface area contributed by atoms with E-state index in [1.54, 1.807) is 14.2 Å². The summed E-state index contributed by atoms with van der Waals surface area (Å²) in [5, 5.41) is 0.999. The van der Waals surface area contributed by atoms with E-state index in [9.17, 15) is 4.79 Å². The fourth-order valence-corrected chi connectivity index (χ4v) is 3.21. The van der Waals surface area contributed by atoms with Gasteiger partial charge in [0, 0.05) is 23.1 Å². The summed E-state index contributed by atoms with van der Waals surface area (Å²) in [7, 11) is 3.29. The molecule has 1 aromatic heterocycles. The number of fused-ring (bicyclic) bond motifs is 1. The number of hydrogen-bond acceptors (Lipinski definition) is 4. The Labute approximate surface area is 152 Å². The van der Waals surface area contributed by atoms with Crippen molar-refractivity contribution in [3.05, 3.63) is 59.3 Å². The number of ether oxygens (including phenoxy) is 2. The second-order valence-electron chi connectivity index (χ2n) is 6.13. The summed E-state index contributed by atoms with van der Waals surface area (Å²) >= 11 is 0. The number of rotatable bonds is 6. The summed E-state index contributed by atoms with van der Waals surface area (Å²) < 4.78 is 12.8. The van der Waals surface area contributed by atoms with Gasteiger partial charge in [-0.25, -0.2) is 5.84 Å². The van der Waals surface area contributed by atoms with E-state index in [1.165, 1.54) is 0 Å². The molecule has 26 heavy (non-hydrogen) atoms. The van der Waals surface area contributed by atoms with Crippen molar-refractivity contribution in [3.63, 3.8) is 0 Å². The minimum atomic E-state index is -0.223. The van der Waals surface area contributed by atoms with Crippen molar-refractivity contribution < 1.29 is 14.3 Å². The summed E-state index contributed by atoms with van der Waals surface area (Å²) in [6, 6.07) is 13.9. The molecule has 3 N–H and O–H groups in total. The van der Waals surface area contributed by atoms with Crippen molar-refractivity contribution >= 4 is 16.8 Å².